The zero-order valence-corrected chi connectivity index (χ0v) is 9.78. The predicted molar refractivity (Wildman–Crippen MR) is 63.1 cm³/mol. The van der Waals surface area contributed by atoms with Crippen molar-refractivity contribution in [3.05, 3.63) is 44.4 Å². The summed E-state index contributed by atoms with van der Waals surface area (Å²) < 4.78 is 0. The van der Waals surface area contributed by atoms with E-state index in [0.29, 0.717) is 10.7 Å². The molecule has 0 unspecified atom stereocenters. The van der Waals surface area contributed by atoms with Gasteiger partial charge in [0.1, 0.15) is 5.15 Å². The fourth-order valence-electron chi connectivity index (χ4n) is 1.45. The van der Waals surface area contributed by atoms with Crippen molar-refractivity contribution in [2.24, 2.45) is 0 Å². The second-order valence-electron chi connectivity index (χ2n) is 3.37. The van der Waals surface area contributed by atoms with Crippen molar-refractivity contribution in [1.82, 2.24) is 4.98 Å². The Kier molecular flexibility index (Phi) is 2.93. The number of carbonyl (C=O) groups excluding carboxylic acids is 1. The molecular weight excluding hydrogens is 230 g/mol. The third-order valence-electron chi connectivity index (χ3n) is 2.14. The Morgan fingerprint density at radius 3 is 2.87 bits per heavy atom. The van der Waals surface area contributed by atoms with E-state index in [1.807, 2.05) is 0 Å². The Morgan fingerprint density at radius 2 is 2.33 bits per heavy atom. The van der Waals surface area contributed by atoms with E-state index in [9.17, 15) is 4.79 Å². The molecule has 0 aliphatic rings. The summed E-state index contributed by atoms with van der Waals surface area (Å²) in [4.78, 5) is 16.1. The summed E-state index contributed by atoms with van der Waals surface area (Å²) in [6.07, 6.45) is 1.56. The quantitative estimate of drug-likeness (QED) is 0.818. The smallest absolute Gasteiger partial charge is 0.153 e. The predicted octanol–water partition coefficient (Wildman–Crippen LogP) is 3.44. The Balaban J connectivity index is 2.20. The fourth-order valence-corrected chi connectivity index (χ4v) is 2.58. The van der Waals surface area contributed by atoms with E-state index in [1.54, 1.807) is 17.4 Å². The highest BCUT2D eigenvalue weighted by Gasteiger charge is 2.06. The molecule has 0 saturated heterocycles. The van der Waals surface area contributed by atoms with Crippen LogP contribution in [0.3, 0.4) is 0 Å². The number of hydrogen-bond donors (Lipinski definition) is 1. The molecule has 2 nitrogen and oxygen atoms in total. The lowest BCUT2D eigenvalue weighted by Crippen LogP contribution is -1.82. The van der Waals surface area contributed by atoms with Crippen molar-refractivity contribution in [2.75, 3.05) is 0 Å². The Morgan fingerprint density at radius 1 is 1.53 bits per heavy atom. The molecule has 0 aliphatic carbocycles. The molecule has 0 fully saturated rings. The van der Waals surface area contributed by atoms with Crippen molar-refractivity contribution in [3.8, 4) is 0 Å². The molecule has 2 aromatic heterocycles. The first-order chi connectivity index (χ1) is 7.19. The van der Waals surface area contributed by atoms with Crippen molar-refractivity contribution in [2.45, 2.75) is 13.3 Å². The Bertz CT molecular complexity index is 486. The number of aryl methyl sites for hydroxylation is 1. The highest BCUT2D eigenvalue weighted by Crippen LogP contribution is 2.21. The van der Waals surface area contributed by atoms with Crippen LogP contribution in [0.5, 0.6) is 0 Å². The van der Waals surface area contributed by atoms with Crippen LogP contribution in [0.25, 0.3) is 0 Å². The van der Waals surface area contributed by atoms with Gasteiger partial charge in [-0.1, -0.05) is 11.6 Å². The van der Waals surface area contributed by atoms with E-state index in [0.717, 1.165) is 18.4 Å². The van der Waals surface area contributed by atoms with Crippen LogP contribution in [0.15, 0.2) is 18.2 Å². The minimum Gasteiger partial charge on any atom is -0.349 e. The van der Waals surface area contributed by atoms with Gasteiger partial charge in [0.05, 0.1) is 5.56 Å². The first-order valence-corrected chi connectivity index (χ1v) is 5.76. The molecule has 4 heteroatoms. The van der Waals surface area contributed by atoms with E-state index in [4.69, 9.17) is 11.6 Å². The number of aromatic amines is 1. The van der Waals surface area contributed by atoms with Gasteiger partial charge in [-0.05, 0) is 25.1 Å². The molecular formula is C11H10ClNOS. The average molecular weight is 240 g/mol. The number of aromatic nitrogens is 1. The summed E-state index contributed by atoms with van der Waals surface area (Å²) in [5.74, 6) is 0. The first-order valence-electron chi connectivity index (χ1n) is 4.57. The number of aldehydes is 1. The number of halogens is 1. The van der Waals surface area contributed by atoms with Gasteiger partial charge in [-0.15, -0.1) is 11.3 Å². The molecule has 0 saturated carbocycles. The van der Waals surface area contributed by atoms with Crippen LogP contribution in [0.1, 0.15) is 25.8 Å². The van der Waals surface area contributed by atoms with E-state index in [-0.39, 0.29) is 0 Å². The number of carbonyl (C=O) groups is 1. The standard InChI is InChI=1S/C11H10ClNOS/c1-7-2-3-10(15-7)5-9-4-8(6-14)11(12)13-9/h2-4,6,13H,5H2,1H3. The van der Waals surface area contributed by atoms with Gasteiger partial charge in [0.2, 0.25) is 0 Å². The van der Waals surface area contributed by atoms with E-state index >= 15 is 0 Å². The van der Waals surface area contributed by atoms with Crippen LogP contribution in [-0.2, 0) is 6.42 Å². The van der Waals surface area contributed by atoms with Gasteiger partial charge in [0, 0.05) is 21.9 Å². The molecule has 15 heavy (non-hydrogen) atoms. The van der Waals surface area contributed by atoms with Gasteiger partial charge in [-0.3, -0.25) is 4.79 Å². The van der Waals surface area contributed by atoms with Crippen molar-refractivity contribution >= 4 is 29.2 Å². The third kappa shape index (κ3) is 2.30. The Hall–Kier alpha value is -1.06. The zero-order valence-electron chi connectivity index (χ0n) is 8.21. The number of thiophene rings is 1. The van der Waals surface area contributed by atoms with Gasteiger partial charge in [-0.2, -0.15) is 0 Å². The molecule has 0 amide bonds. The largest absolute Gasteiger partial charge is 0.349 e. The van der Waals surface area contributed by atoms with Crippen LogP contribution in [0, 0.1) is 6.92 Å². The molecule has 2 aromatic rings. The van der Waals surface area contributed by atoms with Gasteiger partial charge in [0.25, 0.3) is 0 Å². The minimum absolute atomic E-state index is 0.424. The lowest BCUT2D eigenvalue weighted by molar-refractivity contribution is 0.112. The zero-order chi connectivity index (χ0) is 10.8. The van der Waals surface area contributed by atoms with Crippen molar-refractivity contribution in [1.29, 1.82) is 0 Å². The number of H-pyrrole nitrogens is 1. The molecule has 2 heterocycles. The van der Waals surface area contributed by atoms with E-state index < -0.39 is 0 Å². The first kappa shape index (κ1) is 10.5. The summed E-state index contributed by atoms with van der Waals surface area (Å²) in [7, 11) is 0. The number of nitrogens with one attached hydrogen (secondary N) is 1. The van der Waals surface area contributed by atoms with Crippen LogP contribution >= 0.6 is 22.9 Å². The van der Waals surface area contributed by atoms with Gasteiger partial charge in [0.15, 0.2) is 6.29 Å². The van der Waals surface area contributed by atoms with Crippen LogP contribution in [0.2, 0.25) is 5.15 Å². The van der Waals surface area contributed by atoms with Gasteiger partial charge >= 0.3 is 0 Å². The molecule has 0 aliphatic heterocycles. The maximum Gasteiger partial charge on any atom is 0.153 e. The molecule has 1 N–H and O–H groups in total. The molecule has 0 aromatic carbocycles. The van der Waals surface area contributed by atoms with Crippen molar-refractivity contribution in [3.63, 3.8) is 0 Å². The van der Waals surface area contributed by atoms with E-state index in [1.165, 1.54) is 9.75 Å². The summed E-state index contributed by atoms with van der Waals surface area (Å²) in [6.45, 7) is 2.08. The number of hydrogen-bond acceptors (Lipinski definition) is 2. The fraction of sp³-hybridized carbons (Fsp3) is 0.182. The molecule has 0 atom stereocenters. The van der Waals surface area contributed by atoms with E-state index in [2.05, 4.69) is 24.0 Å². The summed E-state index contributed by atoms with van der Waals surface area (Å²) in [5.41, 5.74) is 1.50. The molecule has 0 spiro atoms. The lowest BCUT2D eigenvalue weighted by Gasteiger charge is -1.92. The third-order valence-corrected chi connectivity index (χ3v) is 3.45. The molecule has 78 valence electrons. The Labute approximate surface area is 96.9 Å². The maximum atomic E-state index is 10.6. The van der Waals surface area contributed by atoms with Gasteiger partial charge < -0.3 is 4.98 Å². The summed E-state index contributed by atoms with van der Waals surface area (Å²) in [5, 5.41) is 0.424. The molecule has 2 rings (SSSR count). The van der Waals surface area contributed by atoms with Crippen LogP contribution in [-0.4, -0.2) is 11.3 Å². The van der Waals surface area contributed by atoms with Crippen LogP contribution < -0.4 is 0 Å². The molecule has 0 bridgehead atoms. The second-order valence-corrected chi connectivity index (χ2v) is 5.12. The highest BCUT2D eigenvalue weighted by molar-refractivity contribution is 7.11. The number of rotatable bonds is 3. The second kappa shape index (κ2) is 4.21. The lowest BCUT2D eigenvalue weighted by atomic mass is 10.2. The summed E-state index contributed by atoms with van der Waals surface area (Å²) in [6, 6.07) is 5.98. The van der Waals surface area contributed by atoms with Crippen LogP contribution in [0.4, 0.5) is 0 Å². The van der Waals surface area contributed by atoms with Crippen molar-refractivity contribution < 1.29 is 4.79 Å². The summed E-state index contributed by atoms with van der Waals surface area (Å²) >= 11 is 7.59. The minimum atomic E-state index is 0.424. The average Bonchev–Trinajstić information content (AvgIpc) is 2.73. The van der Waals surface area contributed by atoms with Gasteiger partial charge in [-0.25, -0.2) is 0 Å². The highest BCUT2D eigenvalue weighted by atomic mass is 35.5. The normalized spacial score (nSPS) is 10.5. The monoisotopic (exact) mass is 239 g/mol. The maximum absolute atomic E-state index is 10.6. The molecule has 0 radical (unpaired) electrons. The SMILES string of the molecule is Cc1ccc(Cc2cc(C=O)c(Cl)[nH]2)s1. The topological polar surface area (TPSA) is 32.9 Å².